The molecule has 2 atom stereocenters. The number of ether oxygens (including phenoxy) is 1. The van der Waals surface area contributed by atoms with E-state index in [4.69, 9.17) is 14.9 Å². The Morgan fingerprint density at radius 1 is 1.58 bits per heavy atom. The zero-order valence-electron chi connectivity index (χ0n) is 7.06. The smallest absolute Gasteiger partial charge is 0.352 e. The third-order valence-corrected chi connectivity index (χ3v) is 2.53. The summed E-state index contributed by atoms with van der Waals surface area (Å²) in [4.78, 5) is 9.09. The predicted molar refractivity (Wildman–Crippen MR) is 42.5 cm³/mol. The Labute approximate surface area is 71.4 Å². The number of hydrogen-bond acceptors (Lipinski definition) is 4. The summed E-state index contributed by atoms with van der Waals surface area (Å²) in [6.45, 7) is 3.49. The SMILES string of the molecule is CCOC(C#N)P(=O)(O)OCC. The second-order valence-corrected chi connectivity index (χ2v) is 3.77. The molecule has 0 radical (unpaired) electrons. The molecule has 0 heterocycles. The maximum Gasteiger partial charge on any atom is 0.371 e. The third kappa shape index (κ3) is 3.33. The van der Waals surface area contributed by atoms with E-state index in [2.05, 4.69) is 4.52 Å². The van der Waals surface area contributed by atoms with Crippen molar-refractivity contribution in [1.82, 2.24) is 0 Å². The summed E-state index contributed by atoms with van der Waals surface area (Å²) in [5.41, 5.74) is 0. The lowest BCUT2D eigenvalue weighted by Crippen LogP contribution is -2.12. The third-order valence-electron chi connectivity index (χ3n) is 1.05. The minimum absolute atomic E-state index is 0.0824. The Balaban J connectivity index is 4.29. The fraction of sp³-hybridized carbons (Fsp3) is 0.833. The van der Waals surface area contributed by atoms with Gasteiger partial charge in [-0.3, -0.25) is 4.57 Å². The fourth-order valence-corrected chi connectivity index (χ4v) is 1.60. The first kappa shape index (κ1) is 11.6. The van der Waals surface area contributed by atoms with Crippen LogP contribution in [0.5, 0.6) is 0 Å². The van der Waals surface area contributed by atoms with Crippen molar-refractivity contribution in [2.75, 3.05) is 13.2 Å². The summed E-state index contributed by atoms with van der Waals surface area (Å²) in [6, 6.07) is 1.57. The standard InChI is InChI=1S/C6H12NO4P/c1-3-10-6(5-7)12(8,9)11-4-2/h6H,3-4H2,1-2H3,(H,8,9). The molecular formula is C6H12NO4P. The zero-order chi connectivity index (χ0) is 9.61. The van der Waals surface area contributed by atoms with Crippen LogP contribution in [0.1, 0.15) is 13.8 Å². The van der Waals surface area contributed by atoms with Crippen LogP contribution in [0.25, 0.3) is 0 Å². The first-order chi connectivity index (χ1) is 5.58. The van der Waals surface area contributed by atoms with Gasteiger partial charge in [-0.25, -0.2) is 0 Å². The highest BCUT2D eigenvalue weighted by atomic mass is 31.2. The van der Waals surface area contributed by atoms with Crippen LogP contribution in [0, 0.1) is 11.3 Å². The molecule has 12 heavy (non-hydrogen) atoms. The molecule has 0 saturated carbocycles. The Bertz CT molecular complexity index is 212. The molecule has 0 rings (SSSR count). The highest BCUT2D eigenvalue weighted by Crippen LogP contribution is 2.47. The van der Waals surface area contributed by atoms with Crippen molar-refractivity contribution in [3.8, 4) is 6.07 Å². The van der Waals surface area contributed by atoms with Crippen molar-refractivity contribution in [2.24, 2.45) is 0 Å². The molecule has 0 aromatic heterocycles. The number of rotatable bonds is 5. The fourth-order valence-electron chi connectivity index (χ4n) is 0.615. The number of nitrogens with zero attached hydrogens (tertiary/aromatic N) is 1. The molecule has 0 aliphatic carbocycles. The first-order valence-electron chi connectivity index (χ1n) is 3.56. The van der Waals surface area contributed by atoms with Gasteiger partial charge in [0.2, 0.25) is 5.85 Å². The molecule has 6 heteroatoms. The molecular weight excluding hydrogens is 181 g/mol. The van der Waals surface area contributed by atoms with E-state index in [1.54, 1.807) is 19.9 Å². The van der Waals surface area contributed by atoms with Crippen molar-refractivity contribution in [2.45, 2.75) is 19.7 Å². The van der Waals surface area contributed by atoms with Gasteiger partial charge in [0.25, 0.3) is 0 Å². The lowest BCUT2D eigenvalue weighted by Gasteiger charge is -2.15. The van der Waals surface area contributed by atoms with Crippen LogP contribution in [0.4, 0.5) is 0 Å². The van der Waals surface area contributed by atoms with Gasteiger partial charge < -0.3 is 14.2 Å². The Morgan fingerprint density at radius 3 is 2.50 bits per heavy atom. The van der Waals surface area contributed by atoms with E-state index in [9.17, 15) is 4.57 Å². The zero-order valence-corrected chi connectivity index (χ0v) is 7.95. The average molecular weight is 193 g/mol. The summed E-state index contributed by atoms with van der Waals surface area (Å²) >= 11 is 0. The molecule has 0 spiro atoms. The van der Waals surface area contributed by atoms with Gasteiger partial charge in [-0.05, 0) is 13.8 Å². The van der Waals surface area contributed by atoms with Gasteiger partial charge in [-0.2, -0.15) is 5.26 Å². The van der Waals surface area contributed by atoms with Crippen molar-refractivity contribution in [3.63, 3.8) is 0 Å². The molecule has 0 bridgehead atoms. The number of hydrogen-bond donors (Lipinski definition) is 1. The van der Waals surface area contributed by atoms with Crippen molar-refractivity contribution < 1.29 is 18.7 Å². The van der Waals surface area contributed by atoms with Gasteiger partial charge in [0.15, 0.2) is 0 Å². The maximum atomic E-state index is 11.1. The summed E-state index contributed by atoms with van der Waals surface area (Å²) in [7, 11) is -3.90. The minimum atomic E-state index is -3.90. The summed E-state index contributed by atoms with van der Waals surface area (Å²) in [5.74, 6) is -1.37. The van der Waals surface area contributed by atoms with Crippen LogP contribution in [0.3, 0.4) is 0 Å². The van der Waals surface area contributed by atoms with Crippen LogP contribution in [-0.2, 0) is 13.8 Å². The van der Waals surface area contributed by atoms with Crippen molar-refractivity contribution >= 4 is 7.60 Å². The highest BCUT2D eigenvalue weighted by molar-refractivity contribution is 7.53. The average Bonchev–Trinajstić information content (AvgIpc) is 1.99. The maximum absolute atomic E-state index is 11.1. The summed E-state index contributed by atoms with van der Waals surface area (Å²) in [5, 5.41) is 8.43. The first-order valence-corrected chi connectivity index (χ1v) is 5.21. The largest absolute Gasteiger partial charge is 0.371 e. The molecule has 0 aromatic carbocycles. The molecule has 1 N–H and O–H groups in total. The van der Waals surface area contributed by atoms with E-state index in [0.717, 1.165) is 0 Å². The minimum Gasteiger partial charge on any atom is -0.352 e. The monoisotopic (exact) mass is 193 g/mol. The van der Waals surface area contributed by atoms with Gasteiger partial charge in [-0.15, -0.1) is 0 Å². The van der Waals surface area contributed by atoms with Crippen LogP contribution >= 0.6 is 7.60 Å². The van der Waals surface area contributed by atoms with Gasteiger partial charge in [-0.1, -0.05) is 0 Å². The molecule has 0 aromatic rings. The Kier molecular flexibility index (Phi) is 5.11. The molecule has 0 fully saturated rings. The van der Waals surface area contributed by atoms with E-state index in [-0.39, 0.29) is 13.2 Å². The normalized spacial score (nSPS) is 17.8. The second-order valence-electron chi connectivity index (χ2n) is 1.92. The number of nitriles is 1. The lowest BCUT2D eigenvalue weighted by atomic mass is 10.8. The molecule has 5 nitrogen and oxygen atoms in total. The van der Waals surface area contributed by atoms with Crippen molar-refractivity contribution in [3.05, 3.63) is 0 Å². The summed E-state index contributed by atoms with van der Waals surface area (Å²) < 4.78 is 20.3. The molecule has 0 aliphatic rings. The van der Waals surface area contributed by atoms with Crippen molar-refractivity contribution in [1.29, 1.82) is 5.26 Å². The van der Waals surface area contributed by atoms with Crippen LogP contribution in [-0.4, -0.2) is 24.0 Å². The van der Waals surface area contributed by atoms with Gasteiger partial charge >= 0.3 is 7.60 Å². The highest BCUT2D eigenvalue weighted by Gasteiger charge is 2.32. The van der Waals surface area contributed by atoms with E-state index in [0.29, 0.717) is 0 Å². The molecule has 0 aliphatic heterocycles. The van der Waals surface area contributed by atoms with E-state index >= 15 is 0 Å². The second kappa shape index (κ2) is 5.28. The van der Waals surface area contributed by atoms with Gasteiger partial charge in [0.05, 0.1) is 6.61 Å². The van der Waals surface area contributed by atoms with E-state index in [1.807, 2.05) is 0 Å². The van der Waals surface area contributed by atoms with Gasteiger partial charge in [0, 0.05) is 6.61 Å². The Hall–Kier alpha value is -0.400. The van der Waals surface area contributed by atoms with Crippen LogP contribution < -0.4 is 0 Å². The van der Waals surface area contributed by atoms with Crippen LogP contribution in [0.15, 0.2) is 0 Å². The van der Waals surface area contributed by atoms with Gasteiger partial charge in [0.1, 0.15) is 6.07 Å². The lowest BCUT2D eigenvalue weighted by molar-refractivity contribution is 0.119. The summed E-state index contributed by atoms with van der Waals surface area (Å²) in [6.07, 6.45) is 0. The van der Waals surface area contributed by atoms with E-state index in [1.165, 1.54) is 0 Å². The van der Waals surface area contributed by atoms with E-state index < -0.39 is 13.4 Å². The molecule has 70 valence electrons. The topological polar surface area (TPSA) is 79.5 Å². The molecule has 0 amide bonds. The predicted octanol–water partition coefficient (Wildman–Crippen LogP) is 1.09. The Morgan fingerprint density at radius 2 is 2.17 bits per heavy atom. The molecule has 2 unspecified atom stereocenters. The quantitative estimate of drug-likeness (QED) is 0.661. The van der Waals surface area contributed by atoms with Crippen LogP contribution in [0.2, 0.25) is 0 Å². The molecule has 0 saturated heterocycles.